The van der Waals surface area contributed by atoms with Crippen LogP contribution in [-0.4, -0.2) is 18.6 Å². The molecule has 0 fully saturated rings. The molecular weight excluding hydrogens is 130 g/mol. The molecule has 10 heavy (non-hydrogen) atoms. The summed E-state index contributed by atoms with van der Waals surface area (Å²) in [6.45, 7) is 3.65. The first-order valence-electron chi connectivity index (χ1n) is 3.28. The third-order valence-corrected chi connectivity index (χ3v) is 0.733. The van der Waals surface area contributed by atoms with Gasteiger partial charge in [-0.05, 0) is 26.8 Å². The van der Waals surface area contributed by atoms with Gasteiger partial charge in [0.15, 0.2) is 0 Å². The van der Waals surface area contributed by atoms with Crippen LogP contribution in [0.2, 0.25) is 0 Å². The number of aldehydes is 1. The number of nitrogens with two attached hydrogens (primary N) is 1. The second-order valence-corrected chi connectivity index (χ2v) is 1.83. The summed E-state index contributed by atoms with van der Waals surface area (Å²) >= 11 is 0. The normalized spacial score (nSPS) is 7.50. The van der Waals surface area contributed by atoms with Gasteiger partial charge in [-0.15, -0.1) is 0 Å². The predicted molar refractivity (Wildman–Crippen MR) is 40.7 cm³/mol. The van der Waals surface area contributed by atoms with Crippen molar-refractivity contribution in [3.05, 3.63) is 0 Å². The Morgan fingerprint density at radius 3 is 2.10 bits per heavy atom. The third-order valence-electron chi connectivity index (χ3n) is 0.733. The highest BCUT2D eigenvalue weighted by molar-refractivity contribution is 5.75. The number of rotatable bonds is 3. The summed E-state index contributed by atoms with van der Waals surface area (Å²) in [5, 5.41) is 0. The third kappa shape index (κ3) is 26.6. The van der Waals surface area contributed by atoms with Gasteiger partial charge in [0.05, 0.1) is 0 Å². The molecule has 2 N–H and O–H groups in total. The second-order valence-electron chi connectivity index (χ2n) is 1.83. The number of ketones is 1. The molecule has 0 aliphatic carbocycles. The molecule has 3 nitrogen and oxygen atoms in total. The molecular formula is C7H15NO2. The largest absolute Gasteiger partial charge is 0.330 e. The smallest absolute Gasteiger partial charge is 0.129 e. The van der Waals surface area contributed by atoms with Crippen molar-refractivity contribution in [3.8, 4) is 0 Å². The zero-order chi connectivity index (χ0) is 8.41. The fourth-order valence-electron chi connectivity index (χ4n) is 0.351. The van der Waals surface area contributed by atoms with Crippen LogP contribution in [0.4, 0.5) is 0 Å². The molecule has 0 heterocycles. The van der Waals surface area contributed by atoms with Crippen molar-refractivity contribution in [1.29, 1.82) is 0 Å². The quantitative estimate of drug-likeness (QED) is 0.589. The maximum atomic E-state index is 10.1. The molecule has 0 saturated carbocycles. The van der Waals surface area contributed by atoms with Crippen LogP contribution in [0.1, 0.15) is 26.7 Å². The van der Waals surface area contributed by atoms with E-state index >= 15 is 0 Å². The summed E-state index contributed by atoms with van der Waals surface area (Å²) in [5.41, 5.74) is 5.12. The number of carbonyl (C=O) groups excluding carboxylic acids is 2. The number of hydrogen-bond donors (Lipinski definition) is 1. The molecule has 3 heteroatoms. The second kappa shape index (κ2) is 11.1. The molecule has 0 unspecified atom stereocenters. The van der Waals surface area contributed by atoms with Gasteiger partial charge in [0.25, 0.3) is 0 Å². The molecule has 0 radical (unpaired) electrons. The Morgan fingerprint density at radius 2 is 2.00 bits per heavy atom. The molecule has 0 spiro atoms. The lowest BCUT2D eigenvalue weighted by molar-refractivity contribution is -0.117. The number of Topliss-reactive ketones (excluding diaryl/α,β-unsaturated/α-hetero) is 1. The Kier molecular flexibility index (Phi) is 13.4. The summed E-state index contributed by atoms with van der Waals surface area (Å²) in [7, 11) is 0. The molecule has 60 valence electrons. The van der Waals surface area contributed by atoms with E-state index in [2.05, 4.69) is 0 Å². The van der Waals surface area contributed by atoms with Crippen LogP contribution in [0.25, 0.3) is 0 Å². The molecule has 0 bridgehead atoms. The first-order chi connectivity index (χ1) is 4.68. The summed E-state index contributed by atoms with van der Waals surface area (Å²) in [6.07, 6.45) is 2.21. The standard InChI is InChI=1S/C5H11NO.C2H4O/c1-5(7)3-2-4-6;1-2-3/h2-4,6H2,1H3;2H,1H3. The minimum Gasteiger partial charge on any atom is -0.330 e. The van der Waals surface area contributed by atoms with Crippen molar-refractivity contribution in [2.24, 2.45) is 5.73 Å². The highest BCUT2D eigenvalue weighted by atomic mass is 16.1. The highest BCUT2D eigenvalue weighted by Crippen LogP contribution is 1.84. The van der Waals surface area contributed by atoms with E-state index in [4.69, 9.17) is 10.5 Å². The lowest BCUT2D eigenvalue weighted by Gasteiger charge is -1.87. The zero-order valence-electron chi connectivity index (χ0n) is 6.59. The van der Waals surface area contributed by atoms with E-state index in [9.17, 15) is 4.79 Å². The highest BCUT2D eigenvalue weighted by Gasteiger charge is 1.87. The van der Waals surface area contributed by atoms with Gasteiger partial charge in [-0.1, -0.05) is 0 Å². The van der Waals surface area contributed by atoms with Gasteiger partial charge in [0, 0.05) is 6.42 Å². The summed E-state index contributed by atoms with van der Waals surface area (Å²) in [5.74, 6) is 0.227. The fraction of sp³-hybridized carbons (Fsp3) is 0.714. The zero-order valence-corrected chi connectivity index (χ0v) is 6.59. The van der Waals surface area contributed by atoms with Crippen molar-refractivity contribution in [3.63, 3.8) is 0 Å². The SMILES string of the molecule is CC(=O)CCCN.CC=O. The molecule has 0 aliphatic heterocycles. The van der Waals surface area contributed by atoms with Crippen LogP contribution in [0.5, 0.6) is 0 Å². The molecule has 0 rings (SSSR count). The minimum atomic E-state index is 0.227. The van der Waals surface area contributed by atoms with E-state index in [1.54, 1.807) is 6.92 Å². The molecule has 0 atom stereocenters. The van der Waals surface area contributed by atoms with Crippen LogP contribution < -0.4 is 5.73 Å². The van der Waals surface area contributed by atoms with Gasteiger partial charge in [-0.2, -0.15) is 0 Å². The monoisotopic (exact) mass is 145 g/mol. The molecule has 0 amide bonds. The van der Waals surface area contributed by atoms with Crippen LogP contribution in [-0.2, 0) is 9.59 Å². The van der Waals surface area contributed by atoms with Gasteiger partial charge in [-0.3, -0.25) is 0 Å². The minimum absolute atomic E-state index is 0.227. The van der Waals surface area contributed by atoms with E-state index in [0.717, 1.165) is 12.7 Å². The van der Waals surface area contributed by atoms with Gasteiger partial charge in [0.1, 0.15) is 12.1 Å². The number of hydrogen-bond acceptors (Lipinski definition) is 3. The maximum Gasteiger partial charge on any atom is 0.129 e. The predicted octanol–water partition coefficient (Wildman–Crippen LogP) is 0.519. The van der Waals surface area contributed by atoms with Crippen molar-refractivity contribution in [2.45, 2.75) is 26.7 Å². The van der Waals surface area contributed by atoms with Crippen molar-refractivity contribution >= 4 is 12.1 Å². The van der Waals surface area contributed by atoms with E-state index < -0.39 is 0 Å². The lowest BCUT2D eigenvalue weighted by Crippen LogP contribution is -2.00. The molecule has 0 aromatic carbocycles. The first kappa shape index (κ1) is 12.0. The molecule has 0 aliphatic rings. The van der Waals surface area contributed by atoms with Crippen LogP contribution in [0.15, 0.2) is 0 Å². The van der Waals surface area contributed by atoms with Crippen molar-refractivity contribution in [1.82, 2.24) is 0 Å². The van der Waals surface area contributed by atoms with Crippen LogP contribution >= 0.6 is 0 Å². The van der Waals surface area contributed by atoms with Crippen LogP contribution in [0, 0.1) is 0 Å². The topological polar surface area (TPSA) is 60.2 Å². The Morgan fingerprint density at radius 1 is 1.60 bits per heavy atom. The Labute approximate surface area is 61.6 Å². The molecule has 0 aromatic rings. The van der Waals surface area contributed by atoms with E-state index in [1.807, 2.05) is 0 Å². The molecule has 0 saturated heterocycles. The van der Waals surface area contributed by atoms with Gasteiger partial charge in [-0.25, -0.2) is 0 Å². The summed E-state index contributed by atoms with van der Waals surface area (Å²) < 4.78 is 0. The first-order valence-corrected chi connectivity index (χ1v) is 3.28. The Bertz CT molecular complexity index is 91.6. The fourth-order valence-corrected chi connectivity index (χ4v) is 0.351. The van der Waals surface area contributed by atoms with Gasteiger partial charge in [0.2, 0.25) is 0 Å². The summed E-state index contributed by atoms with van der Waals surface area (Å²) in [4.78, 5) is 19.0. The van der Waals surface area contributed by atoms with Gasteiger partial charge >= 0.3 is 0 Å². The van der Waals surface area contributed by atoms with E-state index in [1.165, 1.54) is 6.92 Å². The van der Waals surface area contributed by atoms with Gasteiger partial charge < -0.3 is 15.3 Å². The van der Waals surface area contributed by atoms with Crippen molar-refractivity contribution in [2.75, 3.05) is 6.54 Å². The van der Waals surface area contributed by atoms with E-state index in [0.29, 0.717) is 13.0 Å². The van der Waals surface area contributed by atoms with Crippen molar-refractivity contribution < 1.29 is 9.59 Å². The average Bonchev–Trinajstić information content (AvgIpc) is 1.85. The average molecular weight is 145 g/mol. The maximum absolute atomic E-state index is 10.1. The Hall–Kier alpha value is -0.700. The summed E-state index contributed by atoms with van der Waals surface area (Å²) in [6, 6.07) is 0. The molecule has 0 aromatic heterocycles. The van der Waals surface area contributed by atoms with E-state index in [-0.39, 0.29) is 5.78 Å². The lowest BCUT2D eigenvalue weighted by atomic mass is 10.2. The number of carbonyl (C=O) groups is 2. The van der Waals surface area contributed by atoms with Crippen LogP contribution in [0.3, 0.4) is 0 Å². The Balaban J connectivity index is 0.